The smallest absolute Gasteiger partial charge is 0.320 e. The van der Waals surface area contributed by atoms with Crippen molar-refractivity contribution in [3.05, 3.63) is 17.5 Å². The number of hydrogen-bond acceptors (Lipinski definition) is 5. The summed E-state index contributed by atoms with van der Waals surface area (Å²) in [5.41, 5.74) is 0.303. The molecule has 1 unspecified atom stereocenters. The minimum atomic E-state index is -0.841. The van der Waals surface area contributed by atoms with Crippen molar-refractivity contribution in [1.29, 1.82) is 0 Å². The van der Waals surface area contributed by atoms with Crippen molar-refractivity contribution >= 4 is 11.9 Å². The lowest BCUT2D eigenvalue weighted by molar-refractivity contribution is -0.143. The summed E-state index contributed by atoms with van der Waals surface area (Å²) in [6.07, 6.45) is 0. The fourth-order valence-corrected chi connectivity index (χ4v) is 2.10. The molecule has 1 aromatic heterocycles. The van der Waals surface area contributed by atoms with Gasteiger partial charge in [-0.25, -0.2) is 0 Å². The van der Waals surface area contributed by atoms with E-state index in [4.69, 9.17) is 9.63 Å². The molecule has 19 heavy (non-hydrogen) atoms. The Morgan fingerprint density at radius 3 is 2.47 bits per heavy atom. The van der Waals surface area contributed by atoms with Crippen LogP contribution in [0.2, 0.25) is 0 Å². The van der Waals surface area contributed by atoms with Gasteiger partial charge in [-0.1, -0.05) is 5.16 Å². The number of piperazine rings is 1. The lowest BCUT2D eigenvalue weighted by Crippen LogP contribution is -2.53. The highest BCUT2D eigenvalue weighted by molar-refractivity contribution is 5.92. The maximum atomic E-state index is 12.1. The second-order valence-electron chi connectivity index (χ2n) is 4.67. The number of rotatable bonds is 3. The molecule has 1 fully saturated rings. The van der Waals surface area contributed by atoms with Crippen molar-refractivity contribution in [2.45, 2.75) is 19.9 Å². The number of aliphatic carboxylic acids is 1. The lowest BCUT2D eigenvalue weighted by Gasteiger charge is -2.36. The van der Waals surface area contributed by atoms with Gasteiger partial charge < -0.3 is 14.5 Å². The number of amides is 1. The van der Waals surface area contributed by atoms with Gasteiger partial charge >= 0.3 is 5.97 Å². The molecule has 1 aliphatic heterocycles. The highest BCUT2D eigenvalue weighted by atomic mass is 16.5. The Labute approximate surface area is 110 Å². The van der Waals surface area contributed by atoms with E-state index in [9.17, 15) is 9.59 Å². The summed E-state index contributed by atoms with van der Waals surface area (Å²) in [5.74, 6) is -0.409. The second-order valence-corrected chi connectivity index (χ2v) is 4.67. The van der Waals surface area contributed by atoms with Crippen LogP contribution in [0.4, 0.5) is 0 Å². The van der Waals surface area contributed by atoms with E-state index in [1.807, 2.05) is 4.90 Å². The average molecular weight is 267 g/mol. The monoisotopic (exact) mass is 267 g/mol. The first-order valence-electron chi connectivity index (χ1n) is 6.18. The molecule has 1 amide bonds. The predicted octanol–water partition coefficient (Wildman–Crippen LogP) is 0.214. The van der Waals surface area contributed by atoms with Crippen molar-refractivity contribution in [2.24, 2.45) is 0 Å². The average Bonchev–Trinajstić information content (AvgIpc) is 2.84. The van der Waals surface area contributed by atoms with Gasteiger partial charge in [0.25, 0.3) is 5.91 Å². The molecule has 1 aromatic rings. The van der Waals surface area contributed by atoms with Crippen LogP contribution >= 0.6 is 0 Å². The molecule has 1 atom stereocenters. The van der Waals surface area contributed by atoms with Gasteiger partial charge in [-0.05, 0) is 13.8 Å². The summed E-state index contributed by atoms with van der Waals surface area (Å²) in [7, 11) is 0. The number of carboxylic acid groups (broad SMARTS) is 1. The van der Waals surface area contributed by atoms with Gasteiger partial charge in [0.2, 0.25) is 0 Å². The van der Waals surface area contributed by atoms with Crippen LogP contribution in [0.15, 0.2) is 10.6 Å². The topological polar surface area (TPSA) is 86.9 Å². The maximum absolute atomic E-state index is 12.1. The molecule has 0 aromatic carbocycles. The van der Waals surface area contributed by atoms with Crippen LogP contribution in [0.5, 0.6) is 0 Å². The normalized spacial score (nSPS) is 18.3. The Morgan fingerprint density at radius 2 is 2.00 bits per heavy atom. The van der Waals surface area contributed by atoms with E-state index in [1.165, 1.54) is 0 Å². The fourth-order valence-electron chi connectivity index (χ4n) is 2.10. The minimum Gasteiger partial charge on any atom is -0.480 e. The van der Waals surface area contributed by atoms with Crippen molar-refractivity contribution in [3.63, 3.8) is 0 Å². The molecule has 2 heterocycles. The number of nitrogens with zero attached hydrogens (tertiary/aromatic N) is 3. The number of carbonyl (C=O) groups is 2. The second kappa shape index (κ2) is 5.40. The molecule has 0 radical (unpaired) electrons. The van der Waals surface area contributed by atoms with Crippen LogP contribution in [-0.2, 0) is 4.79 Å². The van der Waals surface area contributed by atoms with E-state index in [-0.39, 0.29) is 5.91 Å². The van der Waals surface area contributed by atoms with E-state index >= 15 is 0 Å². The largest absolute Gasteiger partial charge is 0.480 e. The molecule has 0 spiro atoms. The van der Waals surface area contributed by atoms with Gasteiger partial charge in [0.15, 0.2) is 5.69 Å². The summed E-state index contributed by atoms with van der Waals surface area (Å²) < 4.78 is 4.88. The summed E-state index contributed by atoms with van der Waals surface area (Å²) >= 11 is 0. The molecular weight excluding hydrogens is 250 g/mol. The summed E-state index contributed by atoms with van der Waals surface area (Å²) in [6.45, 7) is 5.49. The van der Waals surface area contributed by atoms with E-state index < -0.39 is 12.0 Å². The van der Waals surface area contributed by atoms with E-state index in [1.54, 1.807) is 24.8 Å². The van der Waals surface area contributed by atoms with Gasteiger partial charge in [0.05, 0.1) is 0 Å². The van der Waals surface area contributed by atoms with Crippen LogP contribution in [-0.4, -0.2) is 64.2 Å². The van der Waals surface area contributed by atoms with Crippen molar-refractivity contribution in [1.82, 2.24) is 15.0 Å². The van der Waals surface area contributed by atoms with Crippen molar-refractivity contribution in [3.8, 4) is 0 Å². The molecule has 1 N–H and O–H groups in total. The SMILES string of the molecule is Cc1cc(C(=O)N2CCN(C(C)C(=O)O)CC2)no1. The molecule has 7 nitrogen and oxygen atoms in total. The van der Waals surface area contributed by atoms with E-state index in [0.717, 1.165) is 0 Å². The molecule has 0 aliphatic carbocycles. The number of carbonyl (C=O) groups excluding carboxylic acids is 1. The Hall–Kier alpha value is -1.89. The summed E-state index contributed by atoms with van der Waals surface area (Å²) in [6, 6.07) is 1.08. The lowest BCUT2D eigenvalue weighted by atomic mass is 10.2. The first kappa shape index (κ1) is 13.5. The van der Waals surface area contributed by atoms with Gasteiger partial charge in [0.1, 0.15) is 11.8 Å². The number of aromatic nitrogens is 1. The maximum Gasteiger partial charge on any atom is 0.320 e. The zero-order valence-electron chi connectivity index (χ0n) is 11.0. The van der Waals surface area contributed by atoms with Gasteiger partial charge in [-0.3, -0.25) is 14.5 Å². The Balaban J connectivity index is 1.93. The fraction of sp³-hybridized carbons (Fsp3) is 0.583. The number of aryl methyl sites for hydroxylation is 1. The number of carboxylic acids is 1. The summed E-state index contributed by atoms with van der Waals surface area (Å²) in [5, 5.41) is 12.6. The molecule has 0 bridgehead atoms. The standard InChI is InChI=1S/C12H17N3O4/c1-8-7-10(13-19-8)11(16)15-5-3-14(4-6-15)9(2)12(17)18/h7,9H,3-6H2,1-2H3,(H,17,18). The van der Waals surface area contributed by atoms with E-state index in [0.29, 0.717) is 37.6 Å². The zero-order chi connectivity index (χ0) is 14.0. The third kappa shape index (κ3) is 2.93. The van der Waals surface area contributed by atoms with Gasteiger partial charge in [-0.15, -0.1) is 0 Å². The van der Waals surface area contributed by atoms with Gasteiger partial charge in [0, 0.05) is 32.2 Å². The quantitative estimate of drug-likeness (QED) is 0.842. The van der Waals surface area contributed by atoms with Crippen LogP contribution in [0.3, 0.4) is 0 Å². The molecule has 1 saturated heterocycles. The third-order valence-corrected chi connectivity index (χ3v) is 3.35. The molecule has 104 valence electrons. The zero-order valence-corrected chi connectivity index (χ0v) is 11.0. The molecule has 0 saturated carbocycles. The van der Waals surface area contributed by atoms with E-state index in [2.05, 4.69) is 5.16 Å². The molecule has 7 heteroatoms. The highest BCUT2D eigenvalue weighted by Crippen LogP contribution is 2.11. The first-order chi connectivity index (χ1) is 8.99. The van der Waals surface area contributed by atoms with Crippen molar-refractivity contribution in [2.75, 3.05) is 26.2 Å². The van der Waals surface area contributed by atoms with Crippen LogP contribution in [0.1, 0.15) is 23.2 Å². The van der Waals surface area contributed by atoms with Crippen LogP contribution in [0.25, 0.3) is 0 Å². The predicted molar refractivity (Wildman–Crippen MR) is 65.8 cm³/mol. The Kier molecular flexibility index (Phi) is 3.84. The number of hydrogen-bond donors (Lipinski definition) is 1. The molecule has 2 rings (SSSR count). The minimum absolute atomic E-state index is 0.167. The third-order valence-electron chi connectivity index (χ3n) is 3.35. The molecular formula is C12H17N3O4. The summed E-state index contributed by atoms with van der Waals surface area (Å²) in [4.78, 5) is 26.5. The van der Waals surface area contributed by atoms with Gasteiger partial charge in [-0.2, -0.15) is 0 Å². The Morgan fingerprint density at radius 1 is 1.37 bits per heavy atom. The first-order valence-corrected chi connectivity index (χ1v) is 6.18. The Bertz CT molecular complexity index is 477. The molecule has 1 aliphatic rings. The van der Waals surface area contributed by atoms with Crippen LogP contribution < -0.4 is 0 Å². The van der Waals surface area contributed by atoms with Crippen LogP contribution in [0, 0.1) is 6.92 Å². The van der Waals surface area contributed by atoms with Crippen molar-refractivity contribution < 1.29 is 19.2 Å². The highest BCUT2D eigenvalue weighted by Gasteiger charge is 2.28.